The molecule has 1 aliphatic heterocycles. The minimum atomic E-state index is 0.287. The van der Waals surface area contributed by atoms with Gasteiger partial charge in [0.15, 0.2) is 0 Å². The summed E-state index contributed by atoms with van der Waals surface area (Å²) in [6, 6.07) is 0. The van der Waals surface area contributed by atoms with E-state index in [-0.39, 0.29) is 4.49 Å². The summed E-state index contributed by atoms with van der Waals surface area (Å²) >= 11 is 11.0. The van der Waals surface area contributed by atoms with Crippen LogP contribution in [0.3, 0.4) is 0 Å². The van der Waals surface area contributed by atoms with Gasteiger partial charge in [0.05, 0.1) is 6.61 Å². The average molecular weight is 167 g/mol. The van der Waals surface area contributed by atoms with Crippen LogP contribution in [0.4, 0.5) is 0 Å². The Hall–Kier alpha value is 0.120. The minimum absolute atomic E-state index is 0.287. The molecule has 9 heavy (non-hydrogen) atoms. The zero-order valence-corrected chi connectivity index (χ0v) is 6.50. The van der Waals surface area contributed by atoms with Gasteiger partial charge in [0.25, 0.3) is 0 Å². The fraction of sp³-hybridized carbons (Fsp3) is 0.667. The molecule has 0 aromatic rings. The Morgan fingerprint density at radius 1 is 1.33 bits per heavy atom. The number of rotatable bonds is 0. The molecule has 1 nitrogen and oxygen atoms in total. The molecule has 1 saturated heterocycles. The van der Waals surface area contributed by atoms with Gasteiger partial charge in [-0.2, -0.15) is 0 Å². The van der Waals surface area contributed by atoms with E-state index in [0.29, 0.717) is 0 Å². The van der Waals surface area contributed by atoms with Crippen molar-refractivity contribution in [1.29, 1.82) is 0 Å². The maximum atomic E-state index is 5.48. The van der Waals surface area contributed by atoms with E-state index in [1.807, 2.05) is 0 Å². The molecule has 1 aliphatic rings. The van der Waals surface area contributed by atoms with Crippen molar-refractivity contribution in [2.45, 2.75) is 19.3 Å². The van der Waals surface area contributed by atoms with Crippen molar-refractivity contribution in [3.63, 3.8) is 0 Å². The first-order valence-corrected chi connectivity index (χ1v) is 3.73. The van der Waals surface area contributed by atoms with Crippen molar-refractivity contribution in [2.75, 3.05) is 6.61 Å². The molecule has 0 saturated carbocycles. The summed E-state index contributed by atoms with van der Waals surface area (Å²) in [7, 11) is 0. The average Bonchev–Trinajstić information content (AvgIpc) is 1.90. The summed E-state index contributed by atoms with van der Waals surface area (Å²) in [4.78, 5) is 0. The fourth-order valence-corrected chi connectivity index (χ4v) is 1.10. The highest BCUT2D eigenvalue weighted by Crippen LogP contribution is 2.23. The number of hydrogen-bond acceptors (Lipinski definition) is 1. The number of halogens is 2. The molecular formula is C6H8Cl2O. The summed E-state index contributed by atoms with van der Waals surface area (Å²) in [5.74, 6) is 0.754. The summed E-state index contributed by atoms with van der Waals surface area (Å²) in [5.41, 5.74) is 0. The van der Waals surface area contributed by atoms with Crippen molar-refractivity contribution in [3.8, 4) is 0 Å². The van der Waals surface area contributed by atoms with Crippen LogP contribution in [0.25, 0.3) is 0 Å². The van der Waals surface area contributed by atoms with E-state index in [9.17, 15) is 0 Å². The van der Waals surface area contributed by atoms with E-state index in [1.165, 1.54) is 0 Å². The lowest BCUT2D eigenvalue weighted by atomic mass is 10.2. The van der Waals surface area contributed by atoms with Gasteiger partial charge in [0, 0.05) is 6.42 Å². The van der Waals surface area contributed by atoms with Crippen molar-refractivity contribution in [1.82, 2.24) is 0 Å². The molecule has 0 aromatic heterocycles. The highest BCUT2D eigenvalue weighted by Gasteiger charge is 2.08. The number of allylic oxidation sites excluding steroid dienone is 1. The molecule has 0 atom stereocenters. The van der Waals surface area contributed by atoms with E-state index in [2.05, 4.69) is 0 Å². The highest BCUT2D eigenvalue weighted by atomic mass is 35.5. The first kappa shape index (κ1) is 7.23. The topological polar surface area (TPSA) is 9.23 Å². The predicted molar refractivity (Wildman–Crippen MR) is 38.5 cm³/mol. The second-order valence-electron chi connectivity index (χ2n) is 1.99. The van der Waals surface area contributed by atoms with Crippen LogP contribution in [0.1, 0.15) is 19.3 Å². The lowest BCUT2D eigenvalue weighted by Gasteiger charge is -2.15. The van der Waals surface area contributed by atoms with Crippen LogP contribution in [0.5, 0.6) is 0 Å². The molecule has 0 radical (unpaired) electrons. The van der Waals surface area contributed by atoms with E-state index >= 15 is 0 Å². The molecule has 0 spiro atoms. The number of ether oxygens (including phenoxy) is 1. The monoisotopic (exact) mass is 166 g/mol. The summed E-state index contributed by atoms with van der Waals surface area (Å²) in [5, 5.41) is 0. The van der Waals surface area contributed by atoms with Crippen LogP contribution in [-0.2, 0) is 4.74 Å². The standard InChI is InChI=1S/C6H8Cl2O/c7-6(8)5-3-1-2-4-9-5/h1-4H2. The van der Waals surface area contributed by atoms with E-state index in [0.717, 1.165) is 31.6 Å². The second kappa shape index (κ2) is 3.33. The molecule has 0 aromatic carbocycles. The Morgan fingerprint density at radius 3 is 2.44 bits per heavy atom. The van der Waals surface area contributed by atoms with Gasteiger partial charge >= 0.3 is 0 Å². The second-order valence-corrected chi connectivity index (χ2v) is 2.94. The highest BCUT2D eigenvalue weighted by molar-refractivity contribution is 6.56. The third kappa shape index (κ3) is 2.07. The molecular weight excluding hydrogens is 159 g/mol. The van der Waals surface area contributed by atoms with Crippen LogP contribution in [-0.4, -0.2) is 6.61 Å². The minimum Gasteiger partial charge on any atom is -0.495 e. The van der Waals surface area contributed by atoms with Crippen molar-refractivity contribution < 1.29 is 4.74 Å². The van der Waals surface area contributed by atoms with Crippen LogP contribution in [0.2, 0.25) is 0 Å². The van der Waals surface area contributed by atoms with Crippen LogP contribution >= 0.6 is 23.2 Å². The lowest BCUT2D eigenvalue weighted by molar-refractivity contribution is 0.166. The van der Waals surface area contributed by atoms with Gasteiger partial charge in [-0.05, 0) is 12.8 Å². The third-order valence-electron chi connectivity index (χ3n) is 1.29. The van der Waals surface area contributed by atoms with E-state index in [1.54, 1.807) is 0 Å². The Balaban J connectivity index is 2.49. The molecule has 1 heterocycles. The van der Waals surface area contributed by atoms with Gasteiger partial charge in [0.1, 0.15) is 10.3 Å². The van der Waals surface area contributed by atoms with Crippen LogP contribution in [0, 0.1) is 0 Å². The van der Waals surface area contributed by atoms with Gasteiger partial charge in [-0.3, -0.25) is 0 Å². The van der Waals surface area contributed by atoms with Crippen LogP contribution < -0.4 is 0 Å². The molecule has 52 valence electrons. The van der Waals surface area contributed by atoms with Gasteiger partial charge in [-0.15, -0.1) is 0 Å². The third-order valence-corrected chi connectivity index (χ3v) is 1.71. The predicted octanol–water partition coefficient (Wildman–Crippen LogP) is 2.83. The Labute approximate surface area is 64.6 Å². The fourth-order valence-electron chi connectivity index (χ4n) is 0.804. The van der Waals surface area contributed by atoms with E-state index in [4.69, 9.17) is 27.9 Å². The maximum absolute atomic E-state index is 5.48. The summed E-state index contributed by atoms with van der Waals surface area (Å²) in [6.07, 6.45) is 3.14. The van der Waals surface area contributed by atoms with Gasteiger partial charge in [0.2, 0.25) is 0 Å². The molecule has 1 fully saturated rings. The van der Waals surface area contributed by atoms with Gasteiger partial charge in [-0.25, -0.2) is 0 Å². The van der Waals surface area contributed by atoms with Crippen molar-refractivity contribution >= 4 is 23.2 Å². The lowest BCUT2D eigenvalue weighted by Crippen LogP contribution is -2.02. The zero-order chi connectivity index (χ0) is 6.69. The van der Waals surface area contributed by atoms with Gasteiger partial charge < -0.3 is 4.74 Å². The SMILES string of the molecule is ClC(Cl)=C1CCCCO1. The van der Waals surface area contributed by atoms with E-state index < -0.39 is 0 Å². The zero-order valence-electron chi connectivity index (χ0n) is 4.99. The molecule has 3 heteroatoms. The van der Waals surface area contributed by atoms with Crippen LogP contribution in [0.15, 0.2) is 10.3 Å². The Bertz CT molecular complexity index is 119. The molecule has 0 aliphatic carbocycles. The normalized spacial score (nSPS) is 19.1. The molecule has 0 amide bonds. The summed E-state index contributed by atoms with van der Waals surface area (Å²) in [6.45, 7) is 0.762. The van der Waals surface area contributed by atoms with Crippen molar-refractivity contribution in [2.24, 2.45) is 0 Å². The molecule has 1 rings (SSSR count). The molecule has 0 unspecified atom stereocenters. The molecule has 0 bridgehead atoms. The first-order chi connectivity index (χ1) is 4.30. The smallest absolute Gasteiger partial charge is 0.144 e. The van der Waals surface area contributed by atoms with Crippen molar-refractivity contribution in [3.05, 3.63) is 10.3 Å². The van der Waals surface area contributed by atoms with Gasteiger partial charge in [-0.1, -0.05) is 23.2 Å². The Morgan fingerprint density at radius 2 is 2.11 bits per heavy atom. The Kier molecular flexibility index (Phi) is 2.67. The quantitative estimate of drug-likeness (QED) is 0.538. The first-order valence-electron chi connectivity index (χ1n) is 2.97. The summed E-state index contributed by atoms with van der Waals surface area (Å²) < 4.78 is 5.44. The largest absolute Gasteiger partial charge is 0.495 e. The molecule has 0 N–H and O–H groups in total. The number of hydrogen-bond donors (Lipinski definition) is 0. The maximum Gasteiger partial charge on any atom is 0.144 e.